The summed E-state index contributed by atoms with van der Waals surface area (Å²) in [6.07, 6.45) is 4.17. The first-order valence-corrected chi connectivity index (χ1v) is 17.9. The summed E-state index contributed by atoms with van der Waals surface area (Å²) in [4.78, 5) is 4.88. The second kappa shape index (κ2) is 11.6. The number of benzene rings is 3. The maximum absolute atomic E-state index is 6.70. The van der Waals surface area contributed by atoms with Crippen molar-refractivity contribution in [2.75, 3.05) is 0 Å². The van der Waals surface area contributed by atoms with Crippen LogP contribution >= 0.6 is 0 Å². The average molecular weight is 562 g/mol. The monoisotopic (exact) mass is 561 g/mol. The van der Waals surface area contributed by atoms with Gasteiger partial charge in [-0.05, 0) is 88.5 Å². The van der Waals surface area contributed by atoms with Crippen molar-refractivity contribution in [1.29, 1.82) is 0 Å². The first kappa shape index (κ1) is 29.3. The van der Waals surface area contributed by atoms with Crippen molar-refractivity contribution in [3.05, 3.63) is 84.1 Å². The summed E-state index contributed by atoms with van der Waals surface area (Å²) in [6.45, 7) is 21.4. The highest BCUT2D eigenvalue weighted by Crippen LogP contribution is 2.42. The van der Waals surface area contributed by atoms with Gasteiger partial charge in [0.15, 0.2) is 5.58 Å². The number of hydrogen-bond donors (Lipinski definition) is 0. The second-order valence-electron chi connectivity index (χ2n) is 12.9. The van der Waals surface area contributed by atoms with Crippen LogP contribution in [0.3, 0.4) is 0 Å². The molecule has 0 radical (unpaired) electrons. The molecule has 0 fully saturated rings. The molecule has 0 saturated heterocycles. The lowest BCUT2D eigenvalue weighted by atomic mass is 9.87. The second-order valence-corrected chi connectivity index (χ2v) is 18.8. The summed E-state index contributed by atoms with van der Waals surface area (Å²) in [7, 11) is -1.73. The zero-order chi connectivity index (χ0) is 29.5. The van der Waals surface area contributed by atoms with E-state index in [1.807, 2.05) is 6.20 Å². The van der Waals surface area contributed by atoms with Crippen molar-refractivity contribution in [1.82, 2.24) is 4.98 Å². The molecule has 0 unspecified atom stereocenters. The van der Waals surface area contributed by atoms with Gasteiger partial charge in [-0.25, -0.2) is 0 Å². The lowest BCUT2D eigenvalue weighted by molar-refractivity contribution is 0.630. The molecule has 0 aliphatic rings. The molecular weight excluding hydrogens is 515 g/mol. The van der Waals surface area contributed by atoms with E-state index in [-0.39, 0.29) is 0 Å². The number of furan rings is 1. The van der Waals surface area contributed by atoms with Gasteiger partial charge in [0.2, 0.25) is 0 Å². The summed E-state index contributed by atoms with van der Waals surface area (Å²) in [5.41, 5.74) is 8.83. The third kappa shape index (κ3) is 4.97. The average Bonchev–Trinajstić information content (AvgIpc) is 3.37. The van der Waals surface area contributed by atoms with Gasteiger partial charge in [0, 0.05) is 22.7 Å². The molecule has 41 heavy (non-hydrogen) atoms. The molecule has 5 aromatic rings. The Kier molecular flexibility index (Phi) is 8.30. The number of rotatable bonds is 9. The summed E-state index contributed by atoms with van der Waals surface area (Å²) in [6, 6.07) is 24.9. The van der Waals surface area contributed by atoms with Crippen LogP contribution in [0.2, 0.25) is 16.6 Å². The van der Waals surface area contributed by atoms with Crippen LogP contribution in [0.25, 0.3) is 44.3 Å². The van der Waals surface area contributed by atoms with Crippen LogP contribution in [0.1, 0.15) is 85.3 Å². The van der Waals surface area contributed by atoms with E-state index in [0.717, 1.165) is 40.8 Å². The fraction of sp³-hybridized carbons (Fsp3) is 0.395. The first-order valence-electron chi connectivity index (χ1n) is 15.7. The highest BCUT2D eigenvalue weighted by atomic mass is 28.3. The molecule has 0 aliphatic carbocycles. The predicted octanol–water partition coefficient (Wildman–Crippen LogP) is 11.4. The zero-order valence-electron chi connectivity index (χ0n) is 26.5. The Bertz CT molecular complexity index is 1650. The van der Waals surface area contributed by atoms with Gasteiger partial charge in [-0.2, -0.15) is 0 Å². The Balaban J connectivity index is 1.64. The predicted molar refractivity (Wildman–Crippen MR) is 181 cm³/mol. The SMILES string of the molecule is CCC(CC)c1cc(-c2nccc3cc(-c4ccc([Si](C(C)C)(C(C)C)C(C)C)cc4C)oc23)cc2ccccc12. The standard InChI is InChI=1S/C38H47NOSi/c1-10-28(11-2)35-22-31(21-29-14-12-13-15-34(29)35)37-38-30(18-19-39-37)23-36(40-38)33-17-16-32(20-27(33)9)41(24(3)4,25(5)6)26(7)8/h12-26,28H,10-11H2,1-9H3. The smallest absolute Gasteiger partial charge is 0.161 e. The van der Waals surface area contributed by atoms with Crippen molar-refractivity contribution >= 4 is 35.0 Å². The van der Waals surface area contributed by atoms with Crippen LogP contribution < -0.4 is 5.19 Å². The van der Waals surface area contributed by atoms with Gasteiger partial charge in [-0.3, -0.25) is 4.98 Å². The van der Waals surface area contributed by atoms with E-state index in [2.05, 4.69) is 129 Å². The molecule has 0 N–H and O–H groups in total. The summed E-state index contributed by atoms with van der Waals surface area (Å²) < 4.78 is 6.70. The Morgan fingerprint density at radius 2 is 1.44 bits per heavy atom. The number of fused-ring (bicyclic) bond motifs is 2. The Morgan fingerprint density at radius 3 is 2.07 bits per heavy atom. The maximum Gasteiger partial charge on any atom is 0.161 e. The van der Waals surface area contributed by atoms with Crippen LogP contribution in [0.4, 0.5) is 0 Å². The van der Waals surface area contributed by atoms with Crippen LogP contribution in [0.5, 0.6) is 0 Å². The Hall–Kier alpha value is -3.17. The maximum atomic E-state index is 6.70. The molecule has 3 aromatic carbocycles. The molecule has 0 aliphatic heterocycles. The van der Waals surface area contributed by atoms with E-state index in [9.17, 15) is 0 Å². The van der Waals surface area contributed by atoms with Gasteiger partial charge in [-0.1, -0.05) is 103 Å². The minimum absolute atomic E-state index is 0.519. The highest BCUT2D eigenvalue weighted by molar-refractivity contribution is 6.95. The molecule has 0 bridgehead atoms. The van der Waals surface area contributed by atoms with E-state index in [1.54, 1.807) is 5.19 Å². The number of pyridine rings is 1. The van der Waals surface area contributed by atoms with Crippen LogP contribution in [-0.2, 0) is 0 Å². The minimum atomic E-state index is -1.73. The quantitative estimate of drug-likeness (QED) is 0.167. The molecule has 0 saturated carbocycles. The molecule has 0 spiro atoms. The molecule has 5 rings (SSSR count). The normalized spacial score (nSPS) is 12.6. The van der Waals surface area contributed by atoms with Crippen LogP contribution in [-0.4, -0.2) is 13.1 Å². The zero-order valence-corrected chi connectivity index (χ0v) is 27.5. The van der Waals surface area contributed by atoms with Gasteiger partial charge >= 0.3 is 0 Å². The van der Waals surface area contributed by atoms with E-state index in [0.29, 0.717) is 22.5 Å². The van der Waals surface area contributed by atoms with Gasteiger partial charge in [0.05, 0.1) is 8.07 Å². The van der Waals surface area contributed by atoms with E-state index >= 15 is 0 Å². The Morgan fingerprint density at radius 1 is 0.756 bits per heavy atom. The van der Waals surface area contributed by atoms with E-state index in [1.165, 1.54) is 27.5 Å². The van der Waals surface area contributed by atoms with Crippen LogP contribution in [0.15, 0.2) is 77.3 Å². The van der Waals surface area contributed by atoms with Gasteiger partial charge < -0.3 is 4.42 Å². The topological polar surface area (TPSA) is 26.0 Å². The van der Waals surface area contributed by atoms with Crippen molar-refractivity contribution in [3.63, 3.8) is 0 Å². The van der Waals surface area contributed by atoms with Crippen molar-refractivity contribution < 1.29 is 4.42 Å². The largest absolute Gasteiger partial charge is 0.454 e. The molecular formula is C38H47NOSi. The van der Waals surface area contributed by atoms with Gasteiger partial charge in [-0.15, -0.1) is 0 Å². The van der Waals surface area contributed by atoms with Gasteiger partial charge in [0.25, 0.3) is 0 Å². The molecule has 2 aromatic heterocycles. The lowest BCUT2D eigenvalue weighted by Gasteiger charge is -2.44. The number of aryl methyl sites for hydroxylation is 1. The molecule has 3 heteroatoms. The van der Waals surface area contributed by atoms with Crippen molar-refractivity contribution in [3.8, 4) is 22.6 Å². The molecule has 214 valence electrons. The number of nitrogens with zero attached hydrogens (tertiary/aromatic N) is 1. The van der Waals surface area contributed by atoms with Crippen LogP contribution in [0, 0.1) is 6.92 Å². The van der Waals surface area contributed by atoms with Gasteiger partial charge in [0.1, 0.15) is 11.5 Å². The fourth-order valence-electron chi connectivity index (χ4n) is 8.06. The highest BCUT2D eigenvalue weighted by Gasteiger charge is 2.44. The van der Waals surface area contributed by atoms with E-state index < -0.39 is 8.07 Å². The van der Waals surface area contributed by atoms with Crippen molar-refractivity contribution in [2.45, 2.75) is 97.7 Å². The molecule has 2 nitrogen and oxygen atoms in total. The first-order chi connectivity index (χ1) is 19.6. The molecule has 2 heterocycles. The molecule has 0 amide bonds. The Labute approximate surface area is 248 Å². The minimum Gasteiger partial charge on any atom is -0.454 e. The summed E-state index contributed by atoms with van der Waals surface area (Å²) >= 11 is 0. The lowest BCUT2D eigenvalue weighted by Crippen LogP contribution is -2.55. The third-order valence-corrected chi connectivity index (χ3v) is 16.9. The molecule has 0 atom stereocenters. The number of aromatic nitrogens is 1. The van der Waals surface area contributed by atoms with E-state index in [4.69, 9.17) is 9.40 Å². The summed E-state index contributed by atoms with van der Waals surface area (Å²) in [5.74, 6) is 1.44. The number of hydrogen-bond acceptors (Lipinski definition) is 2. The van der Waals surface area contributed by atoms with Crippen molar-refractivity contribution in [2.24, 2.45) is 0 Å². The fourth-order valence-corrected chi connectivity index (χ4v) is 14.9. The third-order valence-electron chi connectivity index (χ3n) is 9.88. The summed E-state index contributed by atoms with van der Waals surface area (Å²) in [5, 5.41) is 5.28.